The highest BCUT2D eigenvalue weighted by molar-refractivity contribution is 7.20. The van der Waals surface area contributed by atoms with Crippen LogP contribution in [0.15, 0.2) is 320 Å². The summed E-state index contributed by atoms with van der Waals surface area (Å²) in [5.41, 5.74) is 17.8. The Hall–Kier alpha value is -10.5. The van der Waals surface area contributed by atoms with Crippen LogP contribution in [0.1, 0.15) is 0 Å². The summed E-state index contributed by atoms with van der Waals surface area (Å²) in [5.74, 6) is 0. The smallest absolute Gasteiger partial charge is 0.179 e. The molecular weight excluding hydrogens is 1010 g/mol. The van der Waals surface area contributed by atoms with E-state index in [0.29, 0.717) is 0 Å². The average Bonchev–Trinajstić information content (AvgIpc) is 3.71. The van der Waals surface area contributed by atoms with Crippen LogP contribution in [-0.2, 0) is 0 Å². The zero-order valence-corrected chi connectivity index (χ0v) is 45.8. The molecule has 384 valence electrons. The minimum Gasteiger partial charge on any atom is -0.455 e. The number of benzene rings is 13. The molecule has 13 aromatic carbocycles. The lowest BCUT2D eigenvalue weighted by molar-refractivity contribution is 0.670. The normalized spacial score (nSPS) is 11.9. The molecule has 3 heterocycles. The van der Waals surface area contributed by atoms with Crippen molar-refractivity contribution >= 4 is 94.4 Å². The summed E-state index contributed by atoms with van der Waals surface area (Å²) in [6.45, 7) is 0. The number of furan rings is 1. The molecule has 0 saturated carbocycles. The maximum atomic E-state index is 6.74. The highest BCUT2D eigenvalue weighted by Crippen LogP contribution is 2.45. The van der Waals surface area contributed by atoms with E-state index in [0.717, 1.165) is 77.6 Å². The van der Waals surface area contributed by atoms with Crippen LogP contribution in [0.5, 0.6) is 0 Å². The van der Waals surface area contributed by atoms with Gasteiger partial charge in [0, 0.05) is 60.3 Å². The maximum Gasteiger partial charge on any atom is 0.179 e. The Morgan fingerprint density at radius 2 is 0.707 bits per heavy atom. The van der Waals surface area contributed by atoms with Crippen LogP contribution < -0.4 is 20.7 Å². The molecule has 0 aliphatic rings. The molecule has 16 rings (SSSR count). The van der Waals surface area contributed by atoms with Gasteiger partial charge in [-0.05, 0) is 79.4 Å². The van der Waals surface area contributed by atoms with Gasteiger partial charge in [0.25, 0.3) is 0 Å². The molecule has 16 aromatic rings. The molecule has 3 nitrogen and oxygen atoms in total. The second-order valence-corrected chi connectivity index (χ2v) is 25.3. The molecule has 3 aromatic heterocycles. The second kappa shape index (κ2) is 19.4. The van der Waals surface area contributed by atoms with Crippen LogP contribution in [-0.4, -0.2) is 17.2 Å². The lowest BCUT2D eigenvalue weighted by Gasteiger charge is -2.36. The van der Waals surface area contributed by atoms with Gasteiger partial charge in [0.2, 0.25) is 0 Å². The molecule has 0 aliphatic carbocycles. The molecule has 0 aliphatic heterocycles. The van der Waals surface area contributed by atoms with Gasteiger partial charge in [-0.15, -0.1) is 0 Å². The van der Waals surface area contributed by atoms with Crippen LogP contribution in [0.25, 0.3) is 121 Å². The summed E-state index contributed by atoms with van der Waals surface area (Å²) in [6.07, 6.45) is 0. The van der Waals surface area contributed by atoms with Crippen molar-refractivity contribution in [2.75, 3.05) is 0 Å². The number of aromatic nitrogens is 2. The number of rotatable bonds is 10. The van der Waals surface area contributed by atoms with E-state index < -0.39 is 8.07 Å². The average molecular weight is 1060 g/mol. The minimum atomic E-state index is -3.12. The topological polar surface area (TPSA) is 23.0 Å². The Morgan fingerprint density at radius 3 is 1.33 bits per heavy atom. The van der Waals surface area contributed by atoms with Crippen molar-refractivity contribution in [2.24, 2.45) is 0 Å². The molecule has 4 heteroatoms. The van der Waals surface area contributed by atoms with Gasteiger partial charge in [0.05, 0.1) is 27.8 Å². The van der Waals surface area contributed by atoms with Crippen molar-refractivity contribution in [2.45, 2.75) is 0 Å². The predicted molar refractivity (Wildman–Crippen MR) is 348 cm³/mol. The molecule has 0 spiro atoms. The third-order valence-electron chi connectivity index (χ3n) is 17.1. The van der Waals surface area contributed by atoms with Gasteiger partial charge in [-0.3, -0.25) is 0 Å². The quantitative estimate of drug-likeness (QED) is 0.0989. The van der Waals surface area contributed by atoms with Crippen molar-refractivity contribution in [3.8, 4) is 55.9 Å². The summed E-state index contributed by atoms with van der Waals surface area (Å²) in [7, 11) is -3.12. The van der Waals surface area contributed by atoms with Gasteiger partial charge in [-0.25, -0.2) is 0 Å². The number of fused-ring (bicyclic) bond motifs is 9. The highest BCUT2D eigenvalue weighted by Gasteiger charge is 2.43. The first-order valence-electron chi connectivity index (χ1n) is 28.2. The van der Waals surface area contributed by atoms with Gasteiger partial charge < -0.3 is 13.6 Å². The minimum absolute atomic E-state index is 0.891. The van der Waals surface area contributed by atoms with E-state index >= 15 is 0 Å². The predicted octanol–water partition coefficient (Wildman–Crippen LogP) is 17.8. The lowest BCUT2D eigenvalue weighted by atomic mass is 9.95. The molecule has 0 bridgehead atoms. The van der Waals surface area contributed by atoms with Gasteiger partial charge >= 0.3 is 0 Å². The lowest BCUT2D eigenvalue weighted by Crippen LogP contribution is -2.74. The summed E-state index contributed by atoms with van der Waals surface area (Å²) < 4.78 is 11.8. The molecule has 0 atom stereocenters. The Bertz CT molecular complexity index is 4960. The summed E-state index contributed by atoms with van der Waals surface area (Å²) in [5, 5.41) is 12.3. The monoisotopic (exact) mass is 1060 g/mol. The van der Waals surface area contributed by atoms with Crippen molar-refractivity contribution < 1.29 is 4.42 Å². The first-order valence-corrected chi connectivity index (χ1v) is 30.2. The van der Waals surface area contributed by atoms with E-state index in [2.05, 4.69) is 319 Å². The van der Waals surface area contributed by atoms with Crippen molar-refractivity contribution in [1.82, 2.24) is 9.13 Å². The summed E-state index contributed by atoms with van der Waals surface area (Å²) >= 11 is 0. The first-order chi connectivity index (χ1) is 40.7. The Labute approximate surface area is 476 Å². The third kappa shape index (κ3) is 7.42. The van der Waals surface area contributed by atoms with Crippen LogP contribution in [0.2, 0.25) is 0 Å². The molecule has 0 fully saturated rings. The molecular formula is C78H52N2OSi. The Morgan fingerprint density at radius 1 is 0.256 bits per heavy atom. The summed E-state index contributed by atoms with van der Waals surface area (Å²) in [6, 6.07) is 117. The number of nitrogens with zero attached hydrogens (tertiary/aromatic N) is 2. The van der Waals surface area contributed by atoms with E-state index in [4.69, 9.17) is 4.42 Å². The number of hydrogen-bond donors (Lipinski definition) is 0. The first kappa shape index (κ1) is 47.5. The van der Waals surface area contributed by atoms with E-state index in [1.807, 2.05) is 6.07 Å². The van der Waals surface area contributed by atoms with E-state index in [1.54, 1.807) is 0 Å². The van der Waals surface area contributed by atoms with Gasteiger partial charge in [-0.2, -0.15) is 0 Å². The number of para-hydroxylation sites is 5. The maximum absolute atomic E-state index is 6.74. The molecule has 0 amide bonds. The second-order valence-electron chi connectivity index (χ2n) is 21.5. The fourth-order valence-electron chi connectivity index (χ4n) is 13.5. The van der Waals surface area contributed by atoms with E-state index in [-0.39, 0.29) is 0 Å². The van der Waals surface area contributed by atoms with Gasteiger partial charge in [0.1, 0.15) is 11.2 Å². The molecule has 82 heavy (non-hydrogen) atoms. The van der Waals surface area contributed by atoms with Crippen molar-refractivity contribution in [3.05, 3.63) is 315 Å². The van der Waals surface area contributed by atoms with Gasteiger partial charge in [-0.1, -0.05) is 279 Å². The van der Waals surface area contributed by atoms with E-state index in [9.17, 15) is 0 Å². The standard InChI is InChI=1S/C78H52N2OSi/c1-6-24-53(25-7-1)54-44-47-60(48-45-54)82(58-30-12-4-13-31-58,59-32-14-5-15-33-59)61-51-69(55-26-8-2-9-27-55)77(70(52-61)56-28-10-3-11-29-56)80-73-42-20-17-35-63(73)71-50-57(46-49-74(71)80)79-72-41-19-16-34-62(72)65-37-22-38-66(76(65)79)68-40-23-39-67-64-36-18-21-43-75(64)81-78(67)68/h1-52H. The summed E-state index contributed by atoms with van der Waals surface area (Å²) in [4.78, 5) is 0. The zero-order valence-electron chi connectivity index (χ0n) is 44.8. The van der Waals surface area contributed by atoms with Crippen LogP contribution in [0, 0.1) is 0 Å². The van der Waals surface area contributed by atoms with Crippen LogP contribution in [0.4, 0.5) is 0 Å². The molecule has 0 unspecified atom stereocenters. The largest absolute Gasteiger partial charge is 0.455 e. The molecule has 0 N–H and O–H groups in total. The molecule has 0 saturated heterocycles. The Balaban J connectivity index is 0.983. The number of hydrogen-bond acceptors (Lipinski definition) is 1. The Kier molecular flexibility index (Phi) is 11.2. The fourth-order valence-corrected chi connectivity index (χ4v) is 18.3. The third-order valence-corrected chi connectivity index (χ3v) is 21.8. The van der Waals surface area contributed by atoms with Crippen molar-refractivity contribution in [1.29, 1.82) is 0 Å². The van der Waals surface area contributed by atoms with Crippen molar-refractivity contribution in [3.63, 3.8) is 0 Å². The van der Waals surface area contributed by atoms with E-state index in [1.165, 1.54) is 64.5 Å². The molecule has 0 radical (unpaired) electrons. The van der Waals surface area contributed by atoms with Gasteiger partial charge in [0.15, 0.2) is 8.07 Å². The highest BCUT2D eigenvalue weighted by atomic mass is 28.3. The zero-order chi connectivity index (χ0) is 54.1. The fraction of sp³-hybridized carbons (Fsp3) is 0. The van der Waals surface area contributed by atoms with Crippen LogP contribution in [0.3, 0.4) is 0 Å². The van der Waals surface area contributed by atoms with Crippen LogP contribution >= 0.6 is 0 Å². The SMILES string of the molecule is c1ccc(-c2ccc([Si](c3ccccc3)(c3ccccc3)c3cc(-c4ccccc4)c(-n4c5ccccc5c5cc(-n6c7ccccc7c7cccc(-c8cccc9c8oc8ccccc89)c76)ccc54)c(-c4ccccc4)c3)cc2)cc1.